The number of aromatic nitrogens is 2. The van der Waals surface area contributed by atoms with E-state index in [1.807, 2.05) is 6.92 Å². The van der Waals surface area contributed by atoms with E-state index in [1.54, 1.807) is 10.7 Å². The Morgan fingerprint density at radius 1 is 1.32 bits per heavy atom. The predicted octanol–water partition coefficient (Wildman–Crippen LogP) is 3.84. The average molecular weight is 305 g/mol. The molecule has 0 spiro atoms. The second-order valence-corrected chi connectivity index (χ2v) is 5.61. The Labute approximate surface area is 127 Å². The van der Waals surface area contributed by atoms with Crippen LogP contribution in [0.5, 0.6) is 0 Å². The molecule has 0 aliphatic heterocycles. The molecule has 1 amide bonds. The monoisotopic (exact) mass is 305 g/mol. The highest BCUT2D eigenvalue weighted by molar-refractivity contribution is 6.04. The molecule has 0 radical (unpaired) electrons. The van der Waals surface area contributed by atoms with Crippen molar-refractivity contribution >= 4 is 11.7 Å². The summed E-state index contributed by atoms with van der Waals surface area (Å²) in [6.07, 6.45) is 4.29. The van der Waals surface area contributed by atoms with Crippen molar-refractivity contribution in [2.75, 3.05) is 5.32 Å². The first-order valence-corrected chi connectivity index (χ1v) is 7.38. The number of amides is 1. The summed E-state index contributed by atoms with van der Waals surface area (Å²) in [4.78, 5) is 12.2. The van der Waals surface area contributed by atoms with Gasteiger partial charge in [-0.2, -0.15) is 5.10 Å². The average Bonchev–Trinajstić information content (AvgIpc) is 3.11. The van der Waals surface area contributed by atoms with Crippen LogP contribution in [0.15, 0.2) is 24.3 Å². The summed E-state index contributed by atoms with van der Waals surface area (Å²) in [5.41, 5.74) is 0.471. The van der Waals surface area contributed by atoms with E-state index in [0.717, 1.165) is 37.4 Å². The van der Waals surface area contributed by atoms with Crippen LogP contribution in [0.2, 0.25) is 0 Å². The quantitative estimate of drug-likeness (QED) is 0.936. The lowest BCUT2D eigenvalue weighted by atomic mass is 10.2. The number of carbonyl (C=O) groups excluding carboxylic acids is 1. The molecule has 1 aromatic carbocycles. The molecule has 1 saturated carbocycles. The molecule has 2 aromatic rings. The molecule has 0 atom stereocenters. The summed E-state index contributed by atoms with van der Waals surface area (Å²) in [7, 11) is 0. The Kier molecular flexibility index (Phi) is 3.92. The number of rotatable bonds is 3. The van der Waals surface area contributed by atoms with Gasteiger partial charge in [-0.15, -0.1) is 0 Å². The zero-order valence-corrected chi connectivity index (χ0v) is 12.3. The normalized spacial score (nSPS) is 15.2. The van der Waals surface area contributed by atoms with Crippen molar-refractivity contribution in [2.45, 2.75) is 38.6 Å². The second kappa shape index (κ2) is 5.87. The summed E-state index contributed by atoms with van der Waals surface area (Å²) in [6.45, 7) is 1.84. The third kappa shape index (κ3) is 2.73. The lowest BCUT2D eigenvalue weighted by molar-refractivity contribution is 0.102. The molecule has 1 heterocycles. The summed E-state index contributed by atoms with van der Waals surface area (Å²) >= 11 is 0. The van der Waals surface area contributed by atoms with E-state index in [4.69, 9.17) is 0 Å². The minimum Gasteiger partial charge on any atom is -0.307 e. The number of aryl methyl sites for hydroxylation is 1. The Balaban J connectivity index is 1.86. The van der Waals surface area contributed by atoms with Gasteiger partial charge in [0, 0.05) is 6.07 Å². The number of anilines is 1. The molecular weight excluding hydrogens is 288 g/mol. The second-order valence-electron chi connectivity index (χ2n) is 5.61. The van der Waals surface area contributed by atoms with Crippen LogP contribution < -0.4 is 5.32 Å². The molecule has 4 nitrogen and oxygen atoms in total. The van der Waals surface area contributed by atoms with Crippen LogP contribution in [-0.4, -0.2) is 15.7 Å². The minimum absolute atomic E-state index is 0.251. The molecule has 3 rings (SSSR count). The Morgan fingerprint density at radius 2 is 2.05 bits per heavy atom. The van der Waals surface area contributed by atoms with E-state index in [2.05, 4.69) is 10.4 Å². The predicted molar refractivity (Wildman–Crippen MR) is 78.8 cm³/mol. The fourth-order valence-electron chi connectivity index (χ4n) is 2.90. The number of nitrogens with one attached hydrogen (secondary N) is 1. The molecule has 0 unspecified atom stereocenters. The van der Waals surface area contributed by atoms with Crippen molar-refractivity contribution in [1.29, 1.82) is 0 Å². The number of hydrogen-bond acceptors (Lipinski definition) is 2. The highest BCUT2D eigenvalue weighted by Crippen LogP contribution is 2.32. The SMILES string of the molecule is Cc1cc(NC(=O)c2cccc(F)c2F)n(C2CCCC2)n1. The van der Waals surface area contributed by atoms with Crippen molar-refractivity contribution in [3.63, 3.8) is 0 Å². The van der Waals surface area contributed by atoms with Gasteiger partial charge in [0.05, 0.1) is 17.3 Å². The molecule has 1 fully saturated rings. The van der Waals surface area contributed by atoms with Gasteiger partial charge in [-0.25, -0.2) is 13.5 Å². The third-order valence-corrected chi connectivity index (χ3v) is 3.97. The molecule has 22 heavy (non-hydrogen) atoms. The molecule has 6 heteroatoms. The van der Waals surface area contributed by atoms with Gasteiger partial charge >= 0.3 is 0 Å². The van der Waals surface area contributed by atoms with E-state index < -0.39 is 17.5 Å². The third-order valence-electron chi connectivity index (χ3n) is 3.97. The van der Waals surface area contributed by atoms with Gasteiger partial charge in [-0.1, -0.05) is 18.9 Å². The standard InChI is InChI=1S/C16H17F2N3O/c1-10-9-14(21(20-10)11-5-2-3-6-11)19-16(22)12-7-4-8-13(17)15(12)18/h4,7-9,11H,2-3,5-6H2,1H3,(H,19,22). The van der Waals surface area contributed by atoms with Crippen LogP contribution in [-0.2, 0) is 0 Å². The molecular formula is C16H17F2N3O. The van der Waals surface area contributed by atoms with E-state index >= 15 is 0 Å². The van der Waals surface area contributed by atoms with Crippen LogP contribution in [0.3, 0.4) is 0 Å². The lowest BCUT2D eigenvalue weighted by Crippen LogP contribution is -2.19. The fourth-order valence-corrected chi connectivity index (χ4v) is 2.90. The number of benzene rings is 1. The van der Waals surface area contributed by atoms with E-state index in [1.165, 1.54) is 12.1 Å². The minimum atomic E-state index is -1.14. The van der Waals surface area contributed by atoms with Gasteiger partial charge in [0.2, 0.25) is 0 Å². The van der Waals surface area contributed by atoms with Crippen molar-refractivity contribution in [3.05, 3.63) is 47.2 Å². The van der Waals surface area contributed by atoms with Crippen molar-refractivity contribution in [2.24, 2.45) is 0 Å². The van der Waals surface area contributed by atoms with Gasteiger partial charge in [-0.05, 0) is 31.9 Å². The summed E-state index contributed by atoms with van der Waals surface area (Å²) < 4.78 is 28.7. The Hall–Kier alpha value is -2.24. The molecule has 1 aromatic heterocycles. The van der Waals surface area contributed by atoms with Crippen LogP contribution in [0.25, 0.3) is 0 Å². The first kappa shape index (κ1) is 14.7. The summed E-state index contributed by atoms with van der Waals surface area (Å²) in [5.74, 6) is -2.31. The number of hydrogen-bond donors (Lipinski definition) is 1. The number of halogens is 2. The maximum Gasteiger partial charge on any atom is 0.259 e. The maximum absolute atomic E-state index is 13.7. The first-order valence-electron chi connectivity index (χ1n) is 7.38. The van der Waals surface area contributed by atoms with Crippen LogP contribution in [0, 0.1) is 18.6 Å². The molecule has 1 aliphatic carbocycles. The van der Waals surface area contributed by atoms with Gasteiger partial charge in [0.1, 0.15) is 5.82 Å². The lowest BCUT2D eigenvalue weighted by Gasteiger charge is -2.14. The fraction of sp³-hybridized carbons (Fsp3) is 0.375. The van der Waals surface area contributed by atoms with Crippen LogP contribution >= 0.6 is 0 Å². The molecule has 0 bridgehead atoms. The summed E-state index contributed by atoms with van der Waals surface area (Å²) in [5, 5.41) is 7.06. The van der Waals surface area contributed by atoms with Gasteiger partial charge in [-0.3, -0.25) is 4.79 Å². The summed E-state index contributed by atoms with van der Waals surface area (Å²) in [6, 6.07) is 5.55. The maximum atomic E-state index is 13.7. The highest BCUT2D eigenvalue weighted by atomic mass is 19.2. The Morgan fingerprint density at radius 3 is 2.77 bits per heavy atom. The smallest absolute Gasteiger partial charge is 0.259 e. The highest BCUT2D eigenvalue weighted by Gasteiger charge is 2.23. The van der Waals surface area contributed by atoms with Crippen molar-refractivity contribution in [1.82, 2.24) is 9.78 Å². The van der Waals surface area contributed by atoms with E-state index in [9.17, 15) is 13.6 Å². The van der Waals surface area contributed by atoms with Gasteiger partial charge in [0.15, 0.2) is 11.6 Å². The largest absolute Gasteiger partial charge is 0.307 e. The molecule has 0 saturated heterocycles. The zero-order valence-electron chi connectivity index (χ0n) is 12.3. The molecule has 1 aliphatic rings. The van der Waals surface area contributed by atoms with Gasteiger partial charge < -0.3 is 5.32 Å². The number of carbonyl (C=O) groups is 1. The zero-order chi connectivity index (χ0) is 15.7. The van der Waals surface area contributed by atoms with Crippen LogP contribution in [0.1, 0.15) is 47.8 Å². The van der Waals surface area contributed by atoms with Crippen LogP contribution in [0.4, 0.5) is 14.6 Å². The number of nitrogens with zero attached hydrogens (tertiary/aromatic N) is 2. The topological polar surface area (TPSA) is 46.9 Å². The molecule has 1 N–H and O–H groups in total. The van der Waals surface area contributed by atoms with E-state index in [-0.39, 0.29) is 11.6 Å². The van der Waals surface area contributed by atoms with Crippen molar-refractivity contribution in [3.8, 4) is 0 Å². The van der Waals surface area contributed by atoms with Gasteiger partial charge in [0.25, 0.3) is 5.91 Å². The molecule has 116 valence electrons. The van der Waals surface area contributed by atoms with E-state index in [0.29, 0.717) is 5.82 Å². The first-order chi connectivity index (χ1) is 10.6. The van der Waals surface area contributed by atoms with Crippen molar-refractivity contribution < 1.29 is 13.6 Å². The Bertz CT molecular complexity index is 705.